The van der Waals surface area contributed by atoms with Crippen molar-refractivity contribution in [1.82, 2.24) is 24.4 Å². The van der Waals surface area contributed by atoms with Crippen LogP contribution in [-0.4, -0.2) is 36.9 Å². The molecule has 0 spiro atoms. The van der Waals surface area contributed by atoms with Gasteiger partial charge in [0.15, 0.2) is 5.82 Å². The molecule has 0 bridgehead atoms. The summed E-state index contributed by atoms with van der Waals surface area (Å²) in [5, 5.41) is 7.90. The Labute approximate surface area is 102 Å². The highest BCUT2D eigenvalue weighted by atomic mass is 32.1. The van der Waals surface area contributed by atoms with E-state index in [4.69, 9.17) is 4.74 Å². The number of carbonyl (C=O) groups is 1. The van der Waals surface area contributed by atoms with E-state index in [0.29, 0.717) is 12.4 Å². The third-order valence-electron chi connectivity index (χ3n) is 2.08. The molecule has 0 aromatic carbocycles. The molecule has 0 atom stereocenters. The minimum Gasteiger partial charge on any atom is -0.460 e. The van der Waals surface area contributed by atoms with Crippen molar-refractivity contribution in [2.24, 2.45) is 7.05 Å². The molecule has 0 saturated carbocycles. The molecule has 17 heavy (non-hydrogen) atoms. The Balaban J connectivity index is 2.38. The van der Waals surface area contributed by atoms with Crippen LogP contribution in [0.2, 0.25) is 0 Å². The van der Waals surface area contributed by atoms with Crippen molar-refractivity contribution in [3.63, 3.8) is 0 Å². The van der Waals surface area contributed by atoms with Crippen LogP contribution in [0.1, 0.15) is 23.2 Å². The van der Waals surface area contributed by atoms with Gasteiger partial charge in [-0.05, 0) is 25.4 Å². The Kier molecular flexibility index (Phi) is 3.14. The molecule has 8 heteroatoms. The van der Waals surface area contributed by atoms with Crippen LogP contribution >= 0.6 is 11.5 Å². The maximum absolute atomic E-state index is 11.5. The molecular weight excluding hydrogens is 242 g/mol. The number of carbonyl (C=O) groups excluding carboxylic acids is 1. The van der Waals surface area contributed by atoms with Crippen LogP contribution in [0.25, 0.3) is 10.7 Å². The van der Waals surface area contributed by atoms with Gasteiger partial charge in [0.05, 0.1) is 12.3 Å². The van der Waals surface area contributed by atoms with E-state index in [-0.39, 0.29) is 5.82 Å². The van der Waals surface area contributed by atoms with Crippen molar-refractivity contribution >= 4 is 17.5 Å². The van der Waals surface area contributed by atoms with Crippen molar-refractivity contribution in [2.45, 2.75) is 13.8 Å². The smallest absolute Gasteiger partial charge is 0.378 e. The third-order valence-corrected chi connectivity index (χ3v) is 2.90. The van der Waals surface area contributed by atoms with E-state index in [1.165, 1.54) is 16.2 Å². The Bertz CT molecular complexity index is 547. The van der Waals surface area contributed by atoms with Gasteiger partial charge in [-0.3, -0.25) is 0 Å². The minimum atomic E-state index is -0.524. The van der Waals surface area contributed by atoms with Gasteiger partial charge >= 0.3 is 5.97 Å². The fraction of sp³-hybridized carbons (Fsp3) is 0.444. The van der Waals surface area contributed by atoms with Crippen molar-refractivity contribution in [3.8, 4) is 10.7 Å². The Morgan fingerprint density at radius 3 is 2.88 bits per heavy atom. The fourth-order valence-electron chi connectivity index (χ4n) is 1.30. The molecule has 7 nitrogen and oxygen atoms in total. The number of hydrogen-bond acceptors (Lipinski definition) is 7. The lowest BCUT2D eigenvalue weighted by atomic mass is 10.4. The summed E-state index contributed by atoms with van der Waals surface area (Å²) < 4.78 is 10.2. The standard InChI is InChI=1S/C9H11N5O2S/c1-4-16-9(15)7-10-8(14(3)12-7)6-5(2)11-13-17-6/h4H2,1-3H3. The molecule has 0 aliphatic rings. The molecular formula is C9H11N5O2S. The first-order valence-corrected chi connectivity index (χ1v) is 5.78. The van der Waals surface area contributed by atoms with Crippen LogP contribution in [0.15, 0.2) is 0 Å². The topological polar surface area (TPSA) is 82.8 Å². The van der Waals surface area contributed by atoms with Crippen LogP contribution in [0.3, 0.4) is 0 Å². The second-order valence-corrected chi connectivity index (χ2v) is 4.04. The summed E-state index contributed by atoms with van der Waals surface area (Å²) in [5.41, 5.74) is 0.765. The number of hydrogen-bond donors (Lipinski definition) is 0. The zero-order valence-corrected chi connectivity index (χ0v) is 10.5. The first kappa shape index (κ1) is 11.6. The lowest BCUT2D eigenvalue weighted by Crippen LogP contribution is -2.07. The summed E-state index contributed by atoms with van der Waals surface area (Å²) in [6.45, 7) is 3.87. The molecule has 2 aromatic rings. The molecule has 0 amide bonds. The second-order valence-electron chi connectivity index (χ2n) is 3.29. The monoisotopic (exact) mass is 253 g/mol. The lowest BCUT2D eigenvalue weighted by molar-refractivity contribution is 0.0512. The lowest BCUT2D eigenvalue weighted by Gasteiger charge is -1.94. The summed E-state index contributed by atoms with van der Waals surface area (Å²) in [6, 6.07) is 0. The average molecular weight is 253 g/mol. The predicted molar refractivity (Wildman–Crippen MR) is 60.6 cm³/mol. The van der Waals surface area contributed by atoms with Crippen LogP contribution in [0, 0.1) is 6.92 Å². The SMILES string of the molecule is CCOC(=O)c1nc(-c2snnc2C)n(C)n1. The van der Waals surface area contributed by atoms with Gasteiger partial charge in [-0.2, -0.15) is 4.98 Å². The third kappa shape index (κ3) is 2.16. The Hall–Kier alpha value is -1.83. The van der Waals surface area contributed by atoms with Gasteiger partial charge in [0.25, 0.3) is 5.82 Å². The van der Waals surface area contributed by atoms with Crippen molar-refractivity contribution in [2.75, 3.05) is 6.61 Å². The van der Waals surface area contributed by atoms with E-state index in [2.05, 4.69) is 19.7 Å². The zero-order chi connectivity index (χ0) is 12.4. The molecule has 0 N–H and O–H groups in total. The van der Waals surface area contributed by atoms with E-state index in [1.807, 2.05) is 6.92 Å². The molecule has 0 aliphatic heterocycles. The summed E-state index contributed by atoms with van der Waals surface area (Å²) in [6.07, 6.45) is 0. The highest BCUT2D eigenvalue weighted by Crippen LogP contribution is 2.23. The van der Waals surface area contributed by atoms with Gasteiger partial charge in [0.1, 0.15) is 4.88 Å². The predicted octanol–water partition coefficient (Wildman–Crippen LogP) is 0.819. The average Bonchev–Trinajstić information content (AvgIpc) is 2.85. The summed E-state index contributed by atoms with van der Waals surface area (Å²) in [5.74, 6) is 0.0992. The maximum atomic E-state index is 11.5. The number of ether oxygens (including phenoxy) is 1. The van der Waals surface area contributed by atoms with Gasteiger partial charge in [-0.15, -0.1) is 10.2 Å². The molecule has 2 aromatic heterocycles. The largest absolute Gasteiger partial charge is 0.460 e. The molecule has 2 rings (SSSR count). The van der Waals surface area contributed by atoms with Gasteiger partial charge in [0, 0.05) is 7.05 Å². The van der Waals surface area contributed by atoms with Crippen molar-refractivity contribution in [3.05, 3.63) is 11.5 Å². The Morgan fingerprint density at radius 2 is 2.29 bits per heavy atom. The second kappa shape index (κ2) is 4.58. The summed E-state index contributed by atoms with van der Waals surface area (Å²) in [7, 11) is 1.71. The van der Waals surface area contributed by atoms with E-state index in [9.17, 15) is 4.79 Å². The van der Waals surface area contributed by atoms with Gasteiger partial charge in [0.2, 0.25) is 0 Å². The van der Waals surface area contributed by atoms with E-state index in [0.717, 1.165) is 10.6 Å². The van der Waals surface area contributed by atoms with Crippen LogP contribution in [-0.2, 0) is 11.8 Å². The minimum absolute atomic E-state index is 0.0529. The van der Waals surface area contributed by atoms with Gasteiger partial charge in [-0.25, -0.2) is 9.48 Å². The number of aromatic nitrogens is 5. The van der Waals surface area contributed by atoms with Crippen molar-refractivity contribution < 1.29 is 9.53 Å². The van der Waals surface area contributed by atoms with Crippen LogP contribution < -0.4 is 0 Å². The molecule has 0 unspecified atom stereocenters. The first-order valence-electron chi connectivity index (χ1n) is 5.01. The summed E-state index contributed by atoms with van der Waals surface area (Å²) >= 11 is 1.22. The summed E-state index contributed by atoms with van der Waals surface area (Å²) in [4.78, 5) is 16.4. The first-order chi connectivity index (χ1) is 8.13. The number of esters is 1. The zero-order valence-electron chi connectivity index (χ0n) is 9.67. The molecule has 0 aliphatic carbocycles. The normalized spacial score (nSPS) is 10.5. The number of aryl methyl sites for hydroxylation is 2. The quantitative estimate of drug-likeness (QED) is 0.753. The van der Waals surface area contributed by atoms with Gasteiger partial charge in [-0.1, -0.05) is 4.49 Å². The highest BCUT2D eigenvalue weighted by molar-refractivity contribution is 7.09. The number of rotatable bonds is 3. The van der Waals surface area contributed by atoms with Crippen LogP contribution in [0.4, 0.5) is 0 Å². The highest BCUT2D eigenvalue weighted by Gasteiger charge is 2.19. The molecule has 0 radical (unpaired) electrons. The molecule has 2 heterocycles. The molecule has 90 valence electrons. The molecule has 0 saturated heterocycles. The van der Waals surface area contributed by atoms with Crippen molar-refractivity contribution in [1.29, 1.82) is 0 Å². The van der Waals surface area contributed by atoms with Gasteiger partial charge < -0.3 is 4.74 Å². The fourth-order valence-corrected chi connectivity index (χ4v) is 1.98. The van der Waals surface area contributed by atoms with E-state index < -0.39 is 5.97 Å². The van der Waals surface area contributed by atoms with E-state index in [1.54, 1.807) is 14.0 Å². The van der Waals surface area contributed by atoms with E-state index >= 15 is 0 Å². The number of nitrogens with zero attached hydrogens (tertiary/aromatic N) is 5. The maximum Gasteiger partial charge on any atom is 0.378 e. The van der Waals surface area contributed by atoms with Crippen LogP contribution in [0.5, 0.6) is 0 Å². The molecule has 0 fully saturated rings. The Morgan fingerprint density at radius 1 is 1.53 bits per heavy atom.